The van der Waals surface area contributed by atoms with Gasteiger partial charge in [-0.05, 0) is 30.2 Å². The highest BCUT2D eigenvalue weighted by atomic mass is 35.5. The monoisotopic (exact) mass is 358 g/mol. The lowest BCUT2D eigenvalue weighted by Gasteiger charge is -2.08. The van der Waals surface area contributed by atoms with Crippen molar-refractivity contribution in [1.82, 2.24) is 9.55 Å². The van der Waals surface area contributed by atoms with E-state index in [0.29, 0.717) is 5.69 Å². The second-order valence-corrected chi connectivity index (χ2v) is 7.08. The van der Waals surface area contributed by atoms with Crippen molar-refractivity contribution >= 4 is 23.4 Å². The van der Waals surface area contributed by atoms with Gasteiger partial charge in [0, 0.05) is 23.5 Å². The number of halogens is 1. The smallest absolute Gasteiger partial charge is 0.168 e. The van der Waals surface area contributed by atoms with Gasteiger partial charge in [0.2, 0.25) is 0 Å². The molecule has 3 aromatic rings. The zero-order valence-corrected chi connectivity index (χ0v) is 15.0. The molecule has 1 aromatic heterocycles. The van der Waals surface area contributed by atoms with Crippen LogP contribution >= 0.6 is 23.4 Å². The average molecular weight is 359 g/mol. The number of hydrogen-bond acceptors (Lipinski definition) is 3. The molecule has 0 saturated carbocycles. The molecule has 0 unspecified atom stereocenters. The number of aliphatic hydroxyl groups is 1. The van der Waals surface area contributed by atoms with E-state index in [-0.39, 0.29) is 6.61 Å². The second-order valence-electron chi connectivity index (χ2n) is 5.70. The van der Waals surface area contributed by atoms with Crippen LogP contribution in [0.25, 0.3) is 0 Å². The van der Waals surface area contributed by atoms with Gasteiger partial charge in [-0.3, -0.25) is 0 Å². The molecule has 2 aromatic carbocycles. The third kappa shape index (κ3) is 4.41. The summed E-state index contributed by atoms with van der Waals surface area (Å²) >= 11 is 7.59. The van der Waals surface area contributed by atoms with Gasteiger partial charge < -0.3 is 9.67 Å². The van der Waals surface area contributed by atoms with Gasteiger partial charge in [-0.2, -0.15) is 0 Å². The molecule has 3 rings (SSSR count). The molecular formula is C19H19ClN2OS. The molecule has 0 aliphatic heterocycles. The summed E-state index contributed by atoms with van der Waals surface area (Å²) in [4.78, 5) is 4.52. The maximum absolute atomic E-state index is 9.39. The minimum absolute atomic E-state index is 0.0462. The van der Waals surface area contributed by atoms with E-state index in [2.05, 4.69) is 40.7 Å². The van der Waals surface area contributed by atoms with Gasteiger partial charge in [-0.25, -0.2) is 4.98 Å². The topological polar surface area (TPSA) is 38.0 Å². The minimum atomic E-state index is -0.0462. The predicted molar refractivity (Wildman–Crippen MR) is 99.4 cm³/mol. The number of aromatic nitrogens is 2. The number of aliphatic hydroxyl groups excluding tert-OH is 1. The first-order valence-electron chi connectivity index (χ1n) is 7.74. The highest BCUT2D eigenvalue weighted by Gasteiger charge is 2.09. The van der Waals surface area contributed by atoms with Crippen molar-refractivity contribution in [2.75, 3.05) is 0 Å². The van der Waals surface area contributed by atoms with Crippen LogP contribution < -0.4 is 0 Å². The zero-order valence-electron chi connectivity index (χ0n) is 13.4. The fourth-order valence-electron chi connectivity index (χ4n) is 2.37. The van der Waals surface area contributed by atoms with Crippen molar-refractivity contribution in [3.63, 3.8) is 0 Å². The number of aryl methyl sites for hydroxylation is 1. The molecule has 3 nitrogen and oxygen atoms in total. The quantitative estimate of drug-likeness (QED) is 0.650. The van der Waals surface area contributed by atoms with Crippen molar-refractivity contribution in [3.05, 3.63) is 82.1 Å². The number of rotatable bonds is 6. The van der Waals surface area contributed by atoms with E-state index in [0.717, 1.165) is 22.5 Å². The average Bonchev–Trinajstić information content (AvgIpc) is 2.98. The third-order valence-corrected chi connectivity index (χ3v) is 5.02. The fourth-order valence-corrected chi connectivity index (χ4v) is 3.45. The van der Waals surface area contributed by atoms with E-state index in [1.807, 2.05) is 30.5 Å². The molecule has 0 amide bonds. The highest BCUT2D eigenvalue weighted by Crippen LogP contribution is 2.24. The number of imidazole rings is 1. The largest absolute Gasteiger partial charge is 0.390 e. The maximum Gasteiger partial charge on any atom is 0.168 e. The molecule has 0 bridgehead atoms. The van der Waals surface area contributed by atoms with E-state index in [9.17, 15) is 5.11 Å². The van der Waals surface area contributed by atoms with Gasteiger partial charge in [0.25, 0.3) is 0 Å². The van der Waals surface area contributed by atoms with Gasteiger partial charge in [-0.1, -0.05) is 65.3 Å². The molecule has 0 radical (unpaired) electrons. The van der Waals surface area contributed by atoms with Crippen molar-refractivity contribution < 1.29 is 5.11 Å². The van der Waals surface area contributed by atoms with Gasteiger partial charge in [0.05, 0.1) is 12.3 Å². The van der Waals surface area contributed by atoms with Gasteiger partial charge in [-0.15, -0.1) is 0 Å². The van der Waals surface area contributed by atoms with Gasteiger partial charge in [0.1, 0.15) is 0 Å². The molecule has 0 atom stereocenters. The first-order chi connectivity index (χ1) is 11.6. The SMILES string of the molecule is Cc1ccc(Cn2cc(CO)nc2SCc2ccc(Cl)cc2)cc1. The first-order valence-corrected chi connectivity index (χ1v) is 9.10. The van der Waals surface area contributed by atoms with Crippen LogP contribution in [0.4, 0.5) is 0 Å². The molecule has 0 spiro atoms. The Balaban J connectivity index is 1.75. The standard InChI is InChI=1S/C19H19ClN2OS/c1-14-2-4-15(5-3-14)10-22-11-18(12-23)21-19(22)24-13-16-6-8-17(20)9-7-16/h2-9,11,23H,10,12-13H2,1H3. The Kier molecular flexibility index (Phi) is 5.61. The van der Waals surface area contributed by atoms with E-state index < -0.39 is 0 Å². The Morgan fingerprint density at radius 3 is 2.38 bits per heavy atom. The van der Waals surface area contributed by atoms with Gasteiger partial charge in [0.15, 0.2) is 5.16 Å². The van der Waals surface area contributed by atoms with E-state index in [4.69, 9.17) is 11.6 Å². The Morgan fingerprint density at radius 2 is 1.71 bits per heavy atom. The molecule has 0 aliphatic carbocycles. The predicted octanol–water partition coefficient (Wildman–Crippen LogP) is 4.68. The van der Waals surface area contributed by atoms with Crippen LogP contribution in [0.3, 0.4) is 0 Å². The number of hydrogen-bond donors (Lipinski definition) is 1. The van der Waals surface area contributed by atoms with Crippen LogP contribution in [0.5, 0.6) is 0 Å². The molecule has 5 heteroatoms. The van der Waals surface area contributed by atoms with Crippen molar-refractivity contribution in [2.24, 2.45) is 0 Å². The maximum atomic E-state index is 9.39. The summed E-state index contributed by atoms with van der Waals surface area (Å²) in [5, 5.41) is 11.0. The minimum Gasteiger partial charge on any atom is -0.390 e. The summed E-state index contributed by atoms with van der Waals surface area (Å²) in [6.07, 6.45) is 1.92. The molecule has 24 heavy (non-hydrogen) atoms. The third-order valence-electron chi connectivity index (χ3n) is 3.71. The molecule has 0 fully saturated rings. The second kappa shape index (κ2) is 7.88. The first kappa shape index (κ1) is 17.1. The molecule has 124 valence electrons. The van der Waals surface area contributed by atoms with Crippen LogP contribution in [0.1, 0.15) is 22.4 Å². The molecule has 0 saturated heterocycles. The van der Waals surface area contributed by atoms with Crippen LogP contribution in [-0.2, 0) is 18.9 Å². The Morgan fingerprint density at radius 1 is 1.04 bits per heavy atom. The van der Waals surface area contributed by atoms with Crippen LogP contribution in [-0.4, -0.2) is 14.7 Å². The summed E-state index contributed by atoms with van der Waals surface area (Å²) in [5.41, 5.74) is 4.36. The fraction of sp³-hybridized carbons (Fsp3) is 0.211. The molecule has 1 heterocycles. The van der Waals surface area contributed by atoms with Crippen molar-refractivity contribution in [1.29, 1.82) is 0 Å². The van der Waals surface area contributed by atoms with Gasteiger partial charge >= 0.3 is 0 Å². The highest BCUT2D eigenvalue weighted by molar-refractivity contribution is 7.98. The lowest BCUT2D eigenvalue weighted by Crippen LogP contribution is -2.00. The van der Waals surface area contributed by atoms with Crippen molar-refractivity contribution in [2.45, 2.75) is 31.0 Å². The number of thioether (sulfide) groups is 1. The number of nitrogens with zero attached hydrogens (tertiary/aromatic N) is 2. The summed E-state index contributed by atoms with van der Waals surface area (Å²) in [7, 11) is 0. The summed E-state index contributed by atoms with van der Waals surface area (Å²) < 4.78 is 2.09. The lowest BCUT2D eigenvalue weighted by molar-refractivity contribution is 0.277. The Labute approximate surface area is 151 Å². The van der Waals surface area contributed by atoms with E-state index >= 15 is 0 Å². The summed E-state index contributed by atoms with van der Waals surface area (Å²) in [5.74, 6) is 0.812. The normalized spacial score (nSPS) is 11.0. The molecule has 1 N–H and O–H groups in total. The Bertz CT molecular complexity index is 797. The van der Waals surface area contributed by atoms with Crippen LogP contribution in [0, 0.1) is 6.92 Å². The lowest BCUT2D eigenvalue weighted by atomic mass is 10.1. The zero-order chi connectivity index (χ0) is 16.9. The molecule has 0 aliphatic rings. The number of benzene rings is 2. The summed E-state index contributed by atoms with van der Waals surface area (Å²) in [6, 6.07) is 16.3. The summed E-state index contributed by atoms with van der Waals surface area (Å²) in [6.45, 7) is 2.78. The van der Waals surface area contributed by atoms with E-state index in [1.54, 1.807) is 11.8 Å². The van der Waals surface area contributed by atoms with Crippen molar-refractivity contribution in [3.8, 4) is 0 Å². The van der Waals surface area contributed by atoms with E-state index in [1.165, 1.54) is 16.7 Å². The van der Waals surface area contributed by atoms with Crippen LogP contribution in [0.15, 0.2) is 59.9 Å². The Hall–Kier alpha value is -1.75. The van der Waals surface area contributed by atoms with Crippen LogP contribution in [0.2, 0.25) is 5.02 Å². The molecular weight excluding hydrogens is 340 g/mol.